The number of urea groups is 1. The van der Waals surface area contributed by atoms with E-state index in [4.69, 9.17) is 16.3 Å². The maximum Gasteiger partial charge on any atom is 0.329 e. The summed E-state index contributed by atoms with van der Waals surface area (Å²) in [6, 6.07) is 4.94. The van der Waals surface area contributed by atoms with E-state index in [1.54, 1.807) is 32.0 Å². The Morgan fingerprint density at radius 1 is 1.14 bits per heavy atom. The van der Waals surface area contributed by atoms with Crippen molar-refractivity contribution in [3.05, 3.63) is 34.9 Å². The SMILES string of the molecule is CC(C)[C@@H](NC(=O)c1ccccc1Cl)C(=O)OCC(=O)NC(=O)NC1CCCC1. The molecule has 158 valence electrons. The third-order valence-electron chi connectivity index (χ3n) is 4.61. The van der Waals surface area contributed by atoms with Crippen LogP contribution in [0, 0.1) is 5.92 Å². The summed E-state index contributed by atoms with van der Waals surface area (Å²) in [7, 11) is 0. The second kappa shape index (κ2) is 10.8. The van der Waals surface area contributed by atoms with E-state index in [1.165, 1.54) is 6.07 Å². The Kier molecular flexibility index (Phi) is 8.45. The van der Waals surface area contributed by atoms with Crippen LogP contribution in [0.15, 0.2) is 24.3 Å². The van der Waals surface area contributed by atoms with Gasteiger partial charge in [-0.1, -0.05) is 50.4 Å². The Morgan fingerprint density at radius 2 is 1.79 bits per heavy atom. The van der Waals surface area contributed by atoms with Crippen LogP contribution in [0.3, 0.4) is 0 Å². The lowest BCUT2D eigenvalue weighted by Gasteiger charge is -2.21. The van der Waals surface area contributed by atoms with E-state index in [0.717, 1.165) is 25.7 Å². The van der Waals surface area contributed by atoms with E-state index in [9.17, 15) is 19.2 Å². The molecule has 29 heavy (non-hydrogen) atoms. The molecule has 8 nitrogen and oxygen atoms in total. The average Bonchev–Trinajstić information content (AvgIpc) is 3.16. The fourth-order valence-electron chi connectivity index (χ4n) is 3.04. The molecule has 2 rings (SSSR count). The monoisotopic (exact) mass is 423 g/mol. The van der Waals surface area contributed by atoms with Crippen LogP contribution < -0.4 is 16.0 Å². The second-order valence-electron chi connectivity index (χ2n) is 7.29. The quantitative estimate of drug-likeness (QED) is 0.583. The number of hydrogen-bond donors (Lipinski definition) is 3. The highest BCUT2D eigenvalue weighted by atomic mass is 35.5. The van der Waals surface area contributed by atoms with Gasteiger partial charge in [0.1, 0.15) is 6.04 Å². The van der Waals surface area contributed by atoms with E-state index in [2.05, 4.69) is 16.0 Å². The van der Waals surface area contributed by atoms with Crippen molar-refractivity contribution in [2.75, 3.05) is 6.61 Å². The van der Waals surface area contributed by atoms with Crippen molar-refractivity contribution in [3.63, 3.8) is 0 Å². The first-order valence-corrected chi connectivity index (χ1v) is 9.98. The van der Waals surface area contributed by atoms with E-state index >= 15 is 0 Å². The smallest absolute Gasteiger partial charge is 0.329 e. The molecule has 1 aliphatic carbocycles. The van der Waals surface area contributed by atoms with Gasteiger partial charge in [-0.15, -0.1) is 0 Å². The zero-order chi connectivity index (χ0) is 21.4. The predicted molar refractivity (Wildman–Crippen MR) is 107 cm³/mol. The van der Waals surface area contributed by atoms with Crippen molar-refractivity contribution in [1.29, 1.82) is 0 Å². The molecule has 0 bridgehead atoms. The number of amides is 4. The number of rotatable bonds is 7. The number of esters is 1. The summed E-state index contributed by atoms with van der Waals surface area (Å²) in [6.07, 6.45) is 3.87. The van der Waals surface area contributed by atoms with Crippen molar-refractivity contribution in [2.24, 2.45) is 5.92 Å². The van der Waals surface area contributed by atoms with Gasteiger partial charge in [0.05, 0.1) is 10.6 Å². The van der Waals surface area contributed by atoms with Crippen LogP contribution in [0.4, 0.5) is 4.79 Å². The molecule has 0 unspecified atom stereocenters. The number of imide groups is 1. The second-order valence-corrected chi connectivity index (χ2v) is 7.69. The molecule has 0 saturated heterocycles. The highest BCUT2D eigenvalue weighted by Gasteiger charge is 2.27. The van der Waals surface area contributed by atoms with Crippen LogP contribution in [0.5, 0.6) is 0 Å². The fraction of sp³-hybridized carbons (Fsp3) is 0.500. The molecule has 1 aromatic carbocycles. The molecular formula is C20H26ClN3O5. The number of nitrogens with one attached hydrogen (secondary N) is 3. The van der Waals surface area contributed by atoms with Gasteiger partial charge in [0.2, 0.25) is 0 Å². The van der Waals surface area contributed by atoms with Crippen LogP contribution in [0.2, 0.25) is 5.02 Å². The summed E-state index contributed by atoms with van der Waals surface area (Å²) < 4.78 is 4.99. The minimum atomic E-state index is -0.973. The van der Waals surface area contributed by atoms with E-state index in [1.807, 2.05) is 0 Å². The summed E-state index contributed by atoms with van der Waals surface area (Å²) in [5.74, 6) is -2.32. The normalized spacial score (nSPS) is 14.9. The van der Waals surface area contributed by atoms with Gasteiger partial charge >= 0.3 is 12.0 Å². The highest BCUT2D eigenvalue weighted by molar-refractivity contribution is 6.33. The molecular weight excluding hydrogens is 398 g/mol. The molecule has 1 atom stereocenters. The van der Waals surface area contributed by atoms with Crippen molar-refractivity contribution >= 4 is 35.4 Å². The van der Waals surface area contributed by atoms with Crippen molar-refractivity contribution < 1.29 is 23.9 Å². The van der Waals surface area contributed by atoms with Crippen LogP contribution >= 0.6 is 11.6 Å². The molecule has 1 aliphatic rings. The molecule has 1 fully saturated rings. The maximum absolute atomic E-state index is 12.4. The lowest BCUT2D eigenvalue weighted by atomic mass is 10.0. The first-order valence-electron chi connectivity index (χ1n) is 9.60. The average molecular weight is 424 g/mol. The van der Waals surface area contributed by atoms with Crippen LogP contribution in [0.1, 0.15) is 49.9 Å². The summed E-state index contributed by atoms with van der Waals surface area (Å²) in [6.45, 7) is 2.84. The van der Waals surface area contributed by atoms with Gasteiger partial charge in [-0.2, -0.15) is 0 Å². The van der Waals surface area contributed by atoms with E-state index in [0.29, 0.717) is 0 Å². The maximum atomic E-state index is 12.4. The van der Waals surface area contributed by atoms with E-state index < -0.39 is 36.5 Å². The minimum Gasteiger partial charge on any atom is -0.454 e. The number of carbonyl (C=O) groups excluding carboxylic acids is 4. The molecule has 0 aromatic heterocycles. The highest BCUT2D eigenvalue weighted by Crippen LogP contribution is 2.17. The number of ether oxygens (including phenoxy) is 1. The fourth-order valence-corrected chi connectivity index (χ4v) is 3.26. The van der Waals surface area contributed by atoms with Gasteiger partial charge in [0.15, 0.2) is 6.61 Å². The lowest BCUT2D eigenvalue weighted by Crippen LogP contribution is -2.47. The summed E-state index contributed by atoms with van der Waals surface area (Å²) in [5, 5.41) is 7.68. The van der Waals surface area contributed by atoms with Gasteiger partial charge in [-0.25, -0.2) is 9.59 Å². The zero-order valence-electron chi connectivity index (χ0n) is 16.5. The summed E-state index contributed by atoms with van der Waals surface area (Å²) >= 11 is 6.01. The first-order chi connectivity index (χ1) is 13.8. The van der Waals surface area contributed by atoms with Crippen molar-refractivity contribution in [1.82, 2.24) is 16.0 Å². The zero-order valence-corrected chi connectivity index (χ0v) is 17.3. The minimum absolute atomic E-state index is 0.0655. The van der Waals surface area contributed by atoms with Gasteiger partial charge < -0.3 is 15.4 Å². The lowest BCUT2D eigenvalue weighted by molar-refractivity contribution is -0.151. The Balaban J connectivity index is 1.84. The van der Waals surface area contributed by atoms with Gasteiger partial charge in [0.25, 0.3) is 11.8 Å². The molecule has 4 amide bonds. The first kappa shape index (κ1) is 22.7. The number of hydrogen-bond acceptors (Lipinski definition) is 5. The summed E-state index contributed by atoms with van der Waals surface area (Å²) in [5.41, 5.74) is 0.231. The molecule has 0 spiro atoms. The Morgan fingerprint density at radius 3 is 2.41 bits per heavy atom. The van der Waals surface area contributed by atoms with Crippen molar-refractivity contribution in [3.8, 4) is 0 Å². The molecule has 1 saturated carbocycles. The molecule has 9 heteroatoms. The van der Waals surface area contributed by atoms with Crippen LogP contribution in [-0.4, -0.2) is 42.5 Å². The summed E-state index contributed by atoms with van der Waals surface area (Å²) in [4.78, 5) is 48.4. The molecule has 0 aliphatic heterocycles. The Labute approximate surface area is 174 Å². The van der Waals surface area contributed by atoms with Gasteiger partial charge in [-0.3, -0.25) is 14.9 Å². The third-order valence-corrected chi connectivity index (χ3v) is 4.94. The van der Waals surface area contributed by atoms with Gasteiger partial charge in [-0.05, 0) is 30.9 Å². The molecule has 0 heterocycles. The van der Waals surface area contributed by atoms with Gasteiger partial charge in [0, 0.05) is 6.04 Å². The predicted octanol–water partition coefficient (Wildman–Crippen LogP) is 2.41. The largest absolute Gasteiger partial charge is 0.454 e. The Hall–Kier alpha value is -2.61. The molecule has 1 aromatic rings. The van der Waals surface area contributed by atoms with Crippen LogP contribution in [0.25, 0.3) is 0 Å². The molecule has 0 radical (unpaired) electrons. The molecule has 3 N–H and O–H groups in total. The number of carbonyl (C=O) groups is 4. The number of benzene rings is 1. The van der Waals surface area contributed by atoms with Crippen molar-refractivity contribution in [2.45, 2.75) is 51.6 Å². The Bertz CT molecular complexity index is 762. The number of halogens is 1. The van der Waals surface area contributed by atoms with Crippen LogP contribution in [-0.2, 0) is 14.3 Å². The standard InChI is InChI=1S/C20H26ClN3O5/c1-12(2)17(24-18(26)14-9-5-6-10-15(14)21)19(27)29-11-16(25)23-20(28)22-13-7-3-4-8-13/h5-6,9-10,12-13,17H,3-4,7-8,11H2,1-2H3,(H,24,26)(H2,22,23,25,28)/t17-/m1/s1. The third kappa shape index (κ3) is 7.05. The topological polar surface area (TPSA) is 114 Å². The van der Waals surface area contributed by atoms with E-state index in [-0.39, 0.29) is 22.5 Å².